The summed E-state index contributed by atoms with van der Waals surface area (Å²) in [6.45, 7) is 7.14. The van der Waals surface area contributed by atoms with Crippen molar-refractivity contribution in [1.82, 2.24) is 4.98 Å². The van der Waals surface area contributed by atoms with E-state index < -0.39 is 11.1 Å². The van der Waals surface area contributed by atoms with Gasteiger partial charge < -0.3 is 10.4 Å². The number of rotatable bonds is 3. The number of nitrogens with one attached hydrogen (secondary N) is 1. The number of anilines is 1. The molecule has 0 fully saturated rings. The van der Waals surface area contributed by atoms with Crippen LogP contribution in [0.4, 0.5) is 10.2 Å². The van der Waals surface area contributed by atoms with Crippen molar-refractivity contribution in [2.24, 2.45) is 0 Å². The van der Waals surface area contributed by atoms with Crippen molar-refractivity contribution in [2.45, 2.75) is 38.8 Å². The Morgan fingerprint density at radius 2 is 1.87 bits per heavy atom. The van der Waals surface area contributed by atoms with Crippen molar-refractivity contribution in [3.8, 4) is 0 Å². The van der Waals surface area contributed by atoms with Gasteiger partial charge in [0.25, 0.3) is 0 Å². The molecular formula is C11H17FN2O. The molecule has 0 aliphatic rings. The van der Waals surface area contributed by atoms with E-state index in [2.05, 4.69) is 10.3 Å². The molecule has 84 valence electrons. The number of hydrogen-bond acceptors (Lipinski definition) is 3. The summed E-state index contributed by atoms with van der Waals surface area (Å²) >= 11 is 0. The molecule has 0 radical (unpaired) electrons. The van der Waals surface area contributed by atoms with Crippen LogP contribution in [0.2, 0.25) is 0 Å². The first-order valence-corrected chi connectivity index (χ1v) is 4.84. The molecule has 1 aromatic rings. The maximum atomic E-state index is 12.6. The van der Waals surface area contributed by atoms with Gasteiger partial charge >= 0.3 is 0 Å². The SMILES string of the molecule is CC(C)(O)C(C)(C)Nc1ccc(F)cn1. The molecule has 0 aliphatic heterocycles. The van der Waals surface area contributed by atoms with Gasteiger partial charge in [0.2, 0.25) is 0 Å². The highest BCUT2D eigenvalue weighted by Gasteiger charge is 2.35. The van der Waals surface area contributed by atoms with Gasteiger partial charge in [-0.1, -0.05) is 0 Å². The topological polar surface area (TPSA) is 45.1 Å². The van der Waals surface area contributed by atoms with Gasteiger partial charge in [0.15, 0.2) is 0 Å². The van der Waals surface area contributed by atoms with E-state index in [1.54, 1.807) is 19.9 Å². The van der Waals surface area contributed by atoms with Crippen molar-refractivity contribution in [1.29, 1.82) is 0 Å². The number of pyridine rings is 1. The van der Waals surface area contributed by atoms with Crippen LogP contribution in [0.5, 0.6) is 0 Å². The molecule has 4 heteroatoms. The summed E-state index contributed by atoms with van der Waals surface area (Å²) in [7, 11) is 0. The predicted molar refractivity (Wildman–Crippen MR) is 58.2 cm³/mol. The summed E-state index contributed by atoms with van der Waals surface area (Å²) < 4.78 is 12.6. The molecule has 15 heavy (non-hydrogen) atoms. The molecule has 2 N–H and O–H groups in total. The minimum Gasteiger partial charge on any atom is -0.388 e. The lowest BCUT2D eigenvalue weighted by molar-refractivity contribution is 0.0239. The van der Waals surface area contributed by atoms with Gasteiger partial charge in [-0.05, 0) is 39.8 Å². The van der Waals surface area contributed by atoms with E-state index in [4.69, 9.17) is 0 Å². The van der Waals surface area contributed by atoms with Gasteiger partial charge in [0.1, 0.15) is 11.6 Å². The van der Waals surface area contributed by atoms with Gasteiger partial charge in [0.05, 0.1) is 17.3 Å². The highest BCUT2D eigenvalue weighted by atomic mass is 19.1. The van der Waals surface area contributed by atoms with Crippen molar-refractivity contribution >= 4 is 5.82 Å². The fourth-order valence-electron chi connectivity index (χ4n) is 0.923. The minimum atomic E-state index is -0.900. The highest BCUT2D eigenvalue weighted by Crippen LogP contribution is 2.24. The lowest BCUT2D eigenvalue weighted by Gasteiger charge is -2.38. The molecular weight excluding hydrogens is 195 g/mol. The monoisotopic (exact) mass is 212 g/mol. The second-order valence-electron chi connectivity index (χ2n) is 4.67. The van der Waals surface area contributed by atoms with Crippen LogP contribution in [-0.4, -0.2) is 21.2 Å². The minimum absolute atomic E-state index is 0.374. The van der Waals surface area contributed by atoms with Crippen LogP contribution in [-0.2, 0) is 0 Å². The Morgan fingerprint density at radius 1 is 1.27 bits per heavy atom. The van der Waals surface area contributed by atoms with Gasteiger partial charge in [0, 0.05) is 0 Å². The Balaban J connectivity index is 2.82. The average molecular weight is 212 g/mol. The summed E-state index contributed by atoms with van der Waals surface area (Å²) in [5, 5.41) is 13.0. The van der Waals surface area contributed by atoms with Crippen molar-refractivity contribution in [2.75, 3.05) is 5.32 Å². The lowest BCUT2D eigenvalue weighted by Crippen LogP contribution is -2.51. The van der Waals surface area contributed by atoms with E-state index in [9.17, 15) is 9.50 Å². The van der Waals surface area contributed by atoms with Crippen LogP contribution < -0.4 is 5.32 Å². The number of aromatic nitrogens is 1. The van der Waals surface area contributed by atoms with Crippen LogP contribution in [0, 0.1) is 5.82 Å². The zero-order valence-corrected chi connectivity index (χ0v) is 9.50. The standard InChI is InChI=1S/C11H17FN2O/c1-10(2,11(3,4)15)14-9-6-5-8(12)7-13-9/h5-7,15H,1-4H3,(H,13,14). The predicted octanol–water partition coefficient (Wildman–Crippen LogP) is 2.18. The lowest BCUT2D eigenvalue weighted by atomic mass is 9.86. The van der Waals surface area contributed by atoms with E-state index in [1.807, 2.05) is 13.8 Å². The van der Waals surface area contributed by atoms with E-state index in [0.717, 1.165) is 6.20 Å². The Hall–Kier alpha value is -1.16. The third kappa shape index (κ3) is 2.89. The molecule has 1 aromatic heterocycles. The molecule has 0 spiro atoms. The fourth-order valence-corrected chi connectivity index (χ4v) is 0.923. The van der Waals surface area contributed by atoms with E-state index in [1.165, 1.54) is 6.07 Å². The van der Waals surface area contributed by atoms with Gasteiger partial charge in [-0.25, -0.2) is 9.37 Å². The summed E-state index contributed by atoms with van der Waals surface area (Å²) in [5.74, 6) is 0.171. The third-order valence-corrected chi connectivity index (χ3v) is 2.70. The smallest absolute Gasteiger partial charge is 0.141 e. The van der Waals surface area contributed by atoms with Gasteiger partial charge in [-0.3, -0.25) is 0 Å². The first-order valence-electron chi connectivity index (χ1n) is 4.84. The quantitative estimate of drug-likeness (QED) is 0.807. The number of aliphatic hydroxyl groups is 1. The van der Waals surface area contributed by atoms with Crippen LogP contribution in [0.25, 0.3) is 0 Å². The molecule has 0 saturated carbocycles. The summed E-state index contributed by atoms with van der Waals surface area (Å²) in [6, 6.07) is 2.87. The molecule has 0 amide bonds. The Morgan fingerprint density at radius 3 is 2.27 bits per heavy atom. The first-order chi connectivity index (χ1) is 6.72. The molecule has 0 unspecified atom stereocenters. The van der Waals surface area contributed by atoms with Crippen LogP contribution in [0.15, 0.2) is 18.3 Å². The second kappa shape index (κ2) is 3.77. The fraction of sp³-hybridized carbons (Fsp3) is 0.545. The summed E-state index contributed by atoms with van der Waals surface area (Å²) in [5.41, 5.74) is -1.44. The van der Waals surface area contributed by atoms with Crippen LogP contribution >= 0.6 is 0 Å². The van der Waals surface area contributed by atoms with Crippen LogP contribution in [0.1, 0.15) is 27.7 Å². The third-order valence-electron chi connectivity index (χ3n) is 2.70. The zero-order valence-electron chi connectivity index (χ0n) is 9.50. The Bertz CT molecular complexity index is 327. The maximum Gasteiger partial charge on any atom is 0.141 e. The van der Waals surface area contributed by atoms with E-state index in [-0.39, 0.29) is 5.82 Å². The Kier molecular flexibility index (Phi) is 3.00. The highest BCUT2D eigenvalue weighted by molar-refractivity contribution is 5.37. The number of hydrogen-bond donors (Lipinski definition) is 2. The second-order valence-corrected chi connectivity index (χ2v) is 4.67. The van der Waals surface area contributed by atoms with Crippen molar-refractivity contribution in [3.63, 3.8) is 0 Å². The molecule has 0 bridgehead atoms. The van der Waals surface area contributed by atoms with E-state index in [0.29, 0.717) is 5.82 Å². The van der Waals surface area contributed by atoms with E-state index >= 15 is 0 Å². The molecule has 0 aromatic carbocycles. The van der Waals surface area contributed by atoms with Gasteiger partial charge in [-0.15, -0.1) is 0 Å². The molecule has 1 rings (SSSR count). The van der Waals surface area contributed by atoms with Crippen LogP contribution in [0.3, 0.4) is 0 Å². The largest absolute Gasteiger partial charge is 0.388 e. The zero-order chi connectivity index (χ0) is 11.7. The first kappa shape index (κ1) is 11.9. The summed E-state index contributed by atoms with van der Waals surface area (Å²) in [6.07, 6.45) is 1.14. The molecule has 3 nitrogen and oxygen atoms in total. The maximum absolute atomic E-state index is 12.6. The molecule has 0 saturated heterocycles. The number of halogens is 1. The van der Waals surface area contributed by atoms with Crippen molar-refractivity contribution < 1.29 is 9.50 Å². The summed E-state index contributed by atoms with van der Waals surface area (Å²) in [4.78, 5) is 3.88. The molecule has 0 atom stereocenters. The number of nitrogens with zero attached hydrogens (tertiary/aromatic N) is 1. The molecule has 0 aliphatic carbocycles. The van der Waals surface area contributed by atoms with Gasteiger partial charge in [-0.2, -0.15) is 0 Å². The normalized spacial score (nSPS) is 12.7. The Labute approximate surface area is 89.4 Å². The average Bonchev–Trinajstić information content (AvgIpc) is 2.06. The molecule has 1 heterocycles. The van der Waals surface area contributed by atoms with Crippen molar-refractivity contribution in [3.05, 3.63) is 24.1 Å².